The van der Waals surface area contributed by atoms with E-state index in [0.717, 1.165) is 10.8 Å². The maximum Gasteiger partial charge on any atom is 0.273 e. The molecule has 0 unspecified atom stereocenters. The minimum Gasteiger partial charge on any atom is -0.507 e. The number of amides is 2. The lowest BCUT2D eigenvalue weighted by Crippen LogP contribution is -2.41. The highest BCUT2D eigenvalue weighted by Gasteiger charge is 2.19. The van der Waals surface area contributed by atoms with Crippen LogP contribution in [0.25, 0.3) is 10.8 Å². The summed E-state index contributed by atoms with van der Waals surface area (Å²) in [5.74, 6) is -0.272. The zero-order valence-electron chi connectivity index (χ0n) is 18.2. The number of aromatic hydroxyl groups is 1. The molecule has 2 amide bonds. The third-order valence-electron chi connectivity index (χ3n) is 4.57. The van der Waals surface area contributed by atoms with E-state index in [4.69, 9.17) is 14.2 Å². The molecule has 0 atom stereocenters. The zero-order valence-corrected chi connectivity index (χ0v) is 18.2. The Morgan fingerprint density at radius 3 is 1.88 bits per heavy atom. The highest BCUT2D eigenvalue weighted by Crippen LogP contribution is 2.39. The van der Waals surface area contributed by atoms with Crippen LogP contribution in [0.2, 0.25) is 0 Å². The monoisotopic (exact) mass is 438 g/mol. The minimum absolute atomic E-state index is 0.0423. The van der Waals surface area contributed by atoms with Crippen LogP contribution in [0.15, 0.2) is 48.5 Å². The lowest BCUT2D eigenvalue weighted by atomic mass is 10.1. The number of carbonyl (C=O) groups excluding carboxylic acids is 2. The lowest BCUT2D eigenvalue weighted by molar-refractivity contribution is 0.0844. The van der Waals surface area contributed by atoms with Gasteiger partial charge in [-0.25, -0.2) is 0 Å². The van der Waals surface area contributed by atoms with Crippen molar-refractivity contribution < 1.29 is 28.9 Å². The summed E-state index contributed by atoms with van der Waals surface area (Å²) in [6, 6.07) is 13.4. The van der Waals surface area contributed by atoms with Crippen LogP contribution < -0.4 is 25.1 Å². The van der Waals surface area contributed by atoms with Crippen molar-refractivity contribution in [3.8, 4) is 23.0 Å². The summed E-state index contributed by atoms with van der Waals surface area (Å²) in [6.07, 6.45) is 0. The number of phenolic OH excluding ortho intramolecular Hbond substituents is 1. The van der Waals surface area contributed by atoms with Crippen molar-refractivity contribution in [3.05, 3.63) is 59.7 Å². The largest absolute Gasteiger partial charge is 0.507 e. The Hall–Kier alpha value is -3.94. The standard InChI is InChI=1S/C24H26N2O6/c1-4-30-20-13-17(14-21(31-5-2)22(20)32-6-3)23(28)25-26-24(29)18-11-15-9-7-8-10-16(15)12-19(18)27/h7-14,27H,4-6H2,1-3H3,(H,25,28)(H,26,29). The Labute approximate surface area is 186 Å². The smallest absolute Gasteiger partial charge is 0.273 e. The van der Waals surface area contributed by atoms with Gasteiger partial charge in [0.05, 0.1) is 25.4 Å². The number of rotatable bonds is 8. The molecule has 8 nitrogen and oxygen atoms in total. The molecule has 0 spiro atoms. The van der Waals surface area contributed by atoms with Gasteiger partial charge in [-0.15, -0.1) is 0 Å². The first-order chi connectivity index (χ1) is 15.5. The summed E-state index contributed by atoms with van der Waals surface area (Å²) in [4.78, 5) is 25.3. The van der Waals surface area contributed by atoms with Gasteiger partial charge in [0.2, 0.25) is 5.75 Å². The van der Waals surface area contributed by atoms with Crippen LogP contribution in [0.4, 0.5) is 0 Å². The predicted octanol–water partition coefficient (Wildman–Crippen LogP) is 3.82. The van der Waals surface area contributed by atoms with Crippen LogP contribution in [-0.2, 0) is 0 Å². The number of hydrogen-bond acceptors (Lipinski definition) is 6. The molecule has 3 N–H and O–H groups in total. The second-order valence-electron chi connectivity index (χ2n) is 6.73. The first-order valence-corrected chi connectivity index (χ1v) is 10.4. The molecule has 0 aliphatic carbocycles. The summed E-state index contributed by atoms with van der Waals surface area (Å²) in [5.41, 5.74) is 4.95. The Morgan fingerprint density at radius 2 is 1.31 bits per heavy atom. The van der Waals surface area contributed by atoms with E-state index >= 15 is 0 Å². The van der Waals surface area contributed by atoms with Crippen LogP contribution >= 0.6 is 0 Å². The van der Waals surface area contributed by atoms with E-state index in [1.54, 1.807) is 6.07 Å². The summed E-state index contributed by atoms with van der Waals surface area (Å²) >= 11 is 0. The van der Waals surface area contributed by atoms with Gasteiger partial charge in [-0.1, -0.05) is 24.3 Å². The molecule has 0 fully saturated rings. The second-order valence-corrected chi connectivity index (χ2v) is 6.73. The van der Waals surface area contributed by atoms with Crippen molar-refractivity contribution >= 4 is 22.6 Å². The van der Waals surface area contributed by atoms with E-state index in [2.05, 4.69) is 10.9 Å². The van der Waals surface area contributed by atoms with E-state index in [0.29, 0.717) is 37.1 Å². The van der Waals surface area contributed by atoms with Crippen LogP contribution in [0, 0.1) is 0 Å². The van der Waals surface area contributed by atoms with Crippen molar-refractivity contribution in [1.29, 1.82) is 0 Å². The van der Waals surface area contributed by atoms with E-state index < -0.39 is 11.8 Å². The van der Waals surface area contributed by atoms with Crippen LogP contribution in [0.5, 0.6) is 23.0 Å². The van der Waals surface area contributed by atoms with Crippen LogP contribution in [0.3, 0.4) is 0 Å². The number of carbonyl (C=O) groups is 2. The van der Waals surface area contributed by atoms with Gasteiger partial charge in [-0.2, -0.15) is 0 Å². The third kappa shape index (κ3) is 5.03. The van der Waals surface area contributed by atoms with Gasteiger partial charge in [-0.3, -0.25) is 20.4 Å². The van der Waals surface area contributed by atoms with Gasteiger partial charge in [0.15, 0.2) is 11.5 Å². The molecular weight excluding hydrogens is 412 g/mol. The Bertz CT molecular complexity index is 1100. The van der Waals surface area contributed by atoms with Gasteiger partial charge in [0, 0.05) is 5.56 Å². The van der Waals surface area contributed by atoms with Gasteiger partial charge in [0.1, 0.15) is 5.75 Å². The molecule has 0 aliphatic heterocycles. The molecule has 0 aliphatic rings. The van der Waals surface area contributed by atoms with Gasteiger partial charge in [0.25, 0.3) is 11.8 Å². The molecule has 3 rings (SSSR count). The zero-order chi connectivity index (χ0) is 23.1. The number of nitrogens with one attached hydrogen (secondary N) is 2. The number of phenols is 1. The van der Waals surface area contributed by atoms with Gasteiger partial charge >= 0.3 is 0 Å². The predicted molar refractivity (Wildman–Crippen MR) is 120 cm³/mol. The summed E-state index contributed by atoms with van der Waals surface area (Å²) < 4.78 is 16.9. The first kappa shape index (κ1) is 22.7. The second kappa shape index (κ2) is 10.4. The lowest BCUT2D eigenvalue weighted by Gasteiger charge is -2.17. The number of hydrazine groups is 1. The maximum absolute atomic E-state index is 12.7. The molecule has 32 heavy (non-hydrogen) atoms. The molecule has 0 saturated heterocycles. The molecule has 0 saturated carbocycles. The van der Waals surface area contributed by atoms with Crippen molar-refractivity contribution in [3.63, 3.8) is 0 Å². The number of hydrogen-bond donors (Lipinski definition) is 3. The van der Waals surface area contributed by atoms with E-state index in [1.165, 1.54) is 18.2 Å². The quantitative estimate of drug-likeness (QED) is 0.462. The normalized spacial score (nSPS) is 10.5. The third-order valence-corrected chi connectivity index (χ3v) is 4.57. The average molecular weight is 438 g/mol. The summed E-state index contributed by atoms with van der Waals surface area (Å²) in [6.45, 7) is 6.61. The molecule has 0 radical (unpaired) electrons. The highest BCUT2D eigenvalue weighted by molar-refractivity contribution is 6.03. The summed E-state index contributed by atoms with van der Waals surface area (Å²) in [5, 5.41) is 11.8. The van der Waals surface area contributed by atoms with Crippen molar-refractivity contribution in [2.45, 2.75) is 20.8 Å². The molecule has 3 aromatic rings. The topological polar surface area (TPSA) is 106 Å². The molecule has 0 aromatic heterocycles. The van der Waals surface area contributed by atoms with Crippen LogP contribution in [0.1, 0.15) is 41.5 Å². The van der Waals surface area contributed by atoms with E-state index in [-0.39, 0.29) is 16.9 Å². The molecule has 3 aromatic carbocycles. The molecule has 8 heteroatoms. The molecule has 168 valence electrons. The fourth-order valence-corrected chi connectivity index (χ4v) is 3.18. The molecular formula is C24H26N2O6. The van der Waals surface area contributed by atoms with Gasteiger partial charge < -0.3 is 19.3 Å². The Kier molecular flexibility index (Phi) is 7.38. The van der Waals surface area contributed by atoms with Gasteiger partial charge in [-0.05, 0) is 55.8 Å². The maximum atomic E-state index is 12.7. The SMILES string of the molecule is CCOc1cc(C(=O)NNC(=O)c2cc3ccccc3cc2O)cc(OCC)c1OCC. The number of benzene rings is 3. The molecule has 0 heterocycles. The molecule has 0 bridgehead atoms. The van der Waals surface area contributed by atoms with Crippen molar-refractivity contribution in [2.75, 3.05) is 19.8 Å². The van der Waals surface area contributed by atoms with Crippen molar-refractivity contribution in [2.24, 2.45) is 0 Å². The van der Waals surface area contributed by atoms with E-state index in [9.17, 15) is 14.7 Å². The number of ether oxygens (including phenoxy) is 3. The summed E-state index contributed by atoms with van der Waals surface area (Å²) in [7, 11) is 0. The average Bonchev–Trinajstić information content (AvgIpc) is 2.79. The van der Waals surface area contributed by atoms with Crippen LogP contribution in [-0.4, -0.2) is 36.7 Å². The van der Waals surface area contributed by atoms with E-state index in [1.807, 2.05) is 45.0 Å². The number of fused-ring (bicyclic) bond motifs is 1. The van der Waals surface area contributed by atoms with Crippen molar-refractivity contribution in [1.82, 2.24) is 10.9 Å². The minimum atomic E-state index is -0.650. The fourth-order valence-electron chi connectivity index (χ4n) is 3.18. The first-order valence-electron chi connectivity index (χ1n) is 10.4. The Balaban J connectivity index is 1.80. The fraction of sp³-hybridized carbons (Fsp3) is 0.250. The highest BCUT2D eigenvalue weighted by atomic mass is 16.5. The Morgan fingerprint density at radius 1 is 0.781 bits per heavy atom.